The average molecular weight is 279 g/mol. The normalized spacial score (nSPS) is 37.2. The predicted octanol–water partition coefficient (Wildman–Crippen LogP) is 4.14. The summed E-state index contributed by atoms with van der Waals surface area (Å²) >= 11 is 0. The molecule has 1 N–H and O–H groups in total. The van der Waals surface area contributed by atoms with E-state index < -0.39 is 0 Å². The molecule has 2 aliphatic carbocycles. The van der Waals surface area contributed by atoms with Crippen LogP contribution in [-0.2, 0) is 4.74 Å². The van der Waals surface area contributed by atoms with Crippen molar-refractivity contribution >= 4 is 0 Å². The predicted molar refractivity (Wildman–Crippen MR) is 83.8 cm³/mol. The van der Waals surface area contributed by atoms with E-state index in [4.69, 9.17) is 4.74 Å². The molecular formula is C18H33NO. The summed E-state index contributed by atoms with van der Waals surface area (Å²) in [6.07, 6.45) is 13.0. The molecule has 0 aromatic carbocycles. The van der Waals surface area contributed by atoms with Gasteiger partial charge in [0.1, 0.15) is 0 Å². The molecule has 1 saturated heterocycles. The molecule has 3 rings (SSSR count). The second-order valence-electron chi connectivity index (χ2n) is 8.32. The van der Waals surface area contributed by atoms with E-state index in [0.29, 0.717) is 11.5 Å². The smallest absolute Gasteiger partial charge is 0.0576 e. The summed E-state index contributed by atoms with van der Waals surface area (Å²) in [5, 5.41) is 3.78. The summed E-state index contributed by atoms with van der Waals surface area (Å²) in [4.78, 5) is 0. The van der Waals surface area contributed by atoms with Crippen molar-refractivity contribution in [1.82, 2.24) is 5.32 Å². The first kappa shape index (κ1) is 14.8. The molecular weight excluding hydrogens is 246 g/mol. The number of rotatable bonds is 6. The number of nitrogens with one attached hydrogen (secondary N) is 1. The Bertz CT molecular complexity index is 303. The quantitative estimate of drug-likeness (QED) is 0.789. The van der Waals surface area contributed by atoms with Crippen LogP contribution in [0.15, 0.2) is 0 Å². The fourth-order valence-corrected chi connectivity index (χ4v) is 4.27. The summed E-state index contributed by atoms with van der Waals surface area (Å²) in [6, 6.07) is 0.865. The van der Waals surface area contributed by atoms with Gasteiger partial charge in [0.05, 0.1) is 6.10 Å². The lowest BCUT2D eigenvalue weighted by Gasteiger charge is -2.41. The van der Waals surface area contributed by atoms with Crippen LogP contribution in [0.5, 0.6) is 0 Å². The van der Waals surface area contributed by atoms with Crippen LogP contribution in [0.1, 0.15) is 71.6 Å². The maximum absolute atomic E-state index is 5.82. The molecule has 20 heavy (non-hydrogen) atoms. The van der Waals surface area contributed by atoms with Crippen LogP contribution in [0.2, 0.25) is 0 Å². The third-order valence-corrected chi connectivity index (χ3v) is 5.80. The Morgan fingerprint density at radius 1 is 1.05 bits per heavy atom. The van der Waals surface area contributed by atoms with Gasteiger partial charge < -0.3 is 10.1 Å². The zero-order valence-electron chi connectivity index (χ0n) is 13.5. The molecule has 1 aliphatic heterocycles. The minimum Gasteiger partial charge on any atom is -0.378 e. The van der Waals surface area contributed by atoms with Crippen LogP contribution in [0.25, 0.3) is 0 Å². The first-order valence-corrected chi connectivity index (χ1v) is 8.97. The number of ether oxygens (including phenoxy) is 1. The topological polar surface area (TPSA) is 21.3 Å². The molecule has 2 saturated carbocycles. The van der Waals surface area contributed by atoms with Gasteiger partial charge in [-0.2, -0.15) is 0 Å². The van der Waals surface area contributed by atoms with Gasteiger partial charge in [0.2, 0.25) is 0 Å². The molecule has 116 valence electrons. The molecule has 3 fully saturated rings. The largest absolute Gasteiger partial charge is 0.378 e. The van der Waals surface area contributed by atoms with Crippen LogP contribution in [-0.4, -0.2) is 25.3 Å². The van der Waals surface area contributed by atoms with Gasteiger partial charge in [-0.05, 0) is 81.6 Å². The number of hydrogen-bond donors (Lipinski definition) is 1. The van der Waals surface area contributed by atoms with Crippen LogP contribution >= 0.6 is 0 Å². The first-order chi connectivity index (χ1) is 9.62. The fraction of sp³-hybridized carbons (Fsp3) is 1.00. The molecule has 0 bridgehead atoms. The second-order valence-corrected chi connectivity index (χ2v) is 8.32. The highest BCUT2D eigenvalue weighted by Crippen LogP contribution is 2.44. The molecule has 2 heteroatoms. The van der Waals surface area contributed by atoms with Crippen LogP contribution < -0.4 is 5.32 Å². The molecule has 0 radical (unpaired) electrons. The standard InChI is InChI=1S/C18H33NO/c1-18(2)10-9-15(13-19-16-6-7-16)14(12-18)5-8-17-4-3-11-20-17/h14-17,19H,3-13H2,1-2H3. The summed E-state index contributed by atoms with van der Waals surface area (Å²) in [5.74, 6) is 1.85. The third-order valence-electron chi connectivity index (χ3n) is 5.80. The van der Waals surface area contributed by atoms with E-state index >= 15 is 0 Å². The summed E-state index contributed by atoms with van der Waals surface area (Å²) in [6.45, 7) is 7.22. The van der Waals surface area contributed by atoms with Gasteiger partial charge in [0.15, 0.2) is 0 Å². The van der Waals surface area contributed by atoms with E-state index in [1.807, 2.05) is 0 Å². The first-order valence-electron chi connectivity index (χ1n) is 8.97. The van der Waals surface area contributed by atoms with E-state index in [0.717, 1.165) is 24.5 Å². The van der Waals surface area contributed by atoms with E-state index in [9.17, 15) is 0 Å². The van der Waals surface area contributed by atoms with Gasteiger partial charge in [-0.1, -0.05) is 13.8 Å². The van der Waals surface area contributed by atoms with E-state index in [1.165, 1.54) is 64.3 Å². The molecule has 1 heterocycles. The van der Waals surface area contributed by atoms with E-state index in [-0.39, 0.29) is 0 Å². The van der Waals surface area contributed by atoms with Crippen molar-refractivity contribution in [1.29, 1.82) is 0 Å². The Kier molecular flexibility index (Phi) is 4.72. The van der Waals surface area contributed by atoms with Gasteiger partial charge in [-0.15, -0.1) is 0 Å². The third kappa shape index (κ3) is 4.21. The number of hydrogen-bond acceptors (Lipinski definition) is 2. The highest BCUT2D eigenvalue weighted by atomic mass is 16.5. The zero-order valence-corrected chi connectivity index (χ0v) is 13.5. The molecule has 3 atom stereocenters. The van der Waals surface area contributed by atoms with Gasteiger partial charge >= 0.3 is 0 Å². The Balaban J connectivity index is 1.49. The minimum absolute atomic E-state index is 0.567. The van der Waals surface area contributed by atoms with Crippen molar-refractivity contribution in [2.75, 3.05) is 13.2 Å². The summed E-state index contributed by atoms with van der Waals surface area (Å²) in [7, 11) is 0. The van der Waals surface area contributed by atoms with Crippen LogP contribution in [0.4, 0.5) is 0 Å². The zero-order chi connectivity index (χ0) is 14.0. The summed E-state index contributed by atoms with van der Waals surface area (Å²) < 4.78 is 5.82. The monoisotopic (exact) mass is 279 g/mol. The van der Waals surface area contributed by atoms with Crippen LogP contribution in [0, 0.1) is 17.3 Å². The average Bonchev–Trinajstić information content (AvgIpc) is 3.09. The summed E-state index contributed by atoms with van der Waals surface area (Å²) in [5.41, 5.74) is 0.567. The lowest BCUT2D eigenvalue weighted by atomic mass is 9.65. The lowest BCUT2D eigenvalue weighted by Crippen LogP contribution is -2.37. The van der Waals surface area contributed by atoms with Crippen molar-refractivity contribution in [3.8, 4) is 0 Å². The minimum atomic E-state index is 0.567. The highest BCUT2D eigenvalue weighted by Gasteiger charge is 2.35. The highest BCUT2D eigenvalue weighted by molar-refractivity contribution is 4.89. The fourth-order valence-electron chi connectivity index (χ4n) is 4.27. The maximum Gasteiger partial charge on any atom is 0.0576 e. The van der Waals surface area contributed by atoms with Gasteiger partial charge in [0.25, 0.3) is 0 Å². The van der Waals surface area contributed by atoms with Crippen molar-refractivity contribution in [3.63, 3.8) is 0 Å². The Hall–Kier alpha value is -0.0800. The van der Waals surface area contributed by atoms with Crippen molar-refractivity contribution in [2.45, 2.75) is 83.8 Å². The van der Waals surface area contributed by atoms with Gasteiger partial charge in [-0.3, -0.25) is 0 Å². The molecule has 0 aromatic heterocycles. The molecule has 3 aliphatic rings. The maximum atomic E-state index is 5.82. The molecule has 3 unspecified atom stereocenters. The Morgan fingerprint density at radius 2 is 1.90 bits per heavy atom. The van der Waals surface area contributed by atoms with E-state index in [1.54, 1.807) is 0 Å². The Morgan fingerprint density at radius 3 is 2.60 bits per heavy atom. The van der Waals surface area contributed by atoms with Gasteiger partial charge in [0, 0.05) is 12.6 Å². The molecule has 0 spiro atoms. The SMILES string of the molecule is CC1(C)CCC(CNC2CC2)C(CCC2CCCO2)C1. The van der Waals surface area contributed by atoms with E-state index in [2.05, 4.69) is 19.2 Å². The van der Waals surface area contributed by atoms with Gasteiger partial charge in [-0.25, -0.2) is 0 Å². The second kappa shape index (κ2) is 6.36. The molecule has 2 nitrogen and oxygen atoms in total. The van der Waals surface area contributed by atoms with Crippen molar-refractivity contribution in [3.05, 3.63) is 0 Å². The van der Waals surface area contributed by atoms with Crippen molar-refractivity contribution in [2.24, 2.45) is 17.3 Å². The molecule has 0 aromatic rings. The Labute approximate surface area is 125 Å². The molecule has 0 amide bonds. The lowest BCUT2D eigenvalue weighted by molar-refractivity contribution is 0.0701. The van der Waals surface area contributed by atoms with Crippen LogP contribution in [0.3, 0.4) is 0 Å². The van der Waals surface area contributed by atoms with Crippen molar-refractivity contribution < 1.29 is 4.74 Å².